The fourth-order valence-corrected chi connectivity index (χ4v) is 5.25. The number of benzene rings is 1. The summed E-state index contributed by atoms with van der Waals surface area (Å²) in [4.78, 5) is 9.10. The smallest absolute Gasteiger partial charge is 0.123 e. The van der Waals surface area contributed by atoms with E-state index in [9.17, 15) is 4.39 Å². The van der Waals surface area contributed by atoms with E-state index in [1.54, 1.807) is 18.5 Å². The molecule has 0 spiro atoms. The molecule has 0 unspecified atom stereocenters. The molecule has 1 aliphatic heterocycles. The minimum atomic E-state index is -0.283. The van der Waals surface area contributed by atoms with Gasteiger partial charge in [-0.25, -0.2) is 4.39 Å². The fourth-order valence-electron chi connectivity index (χ4n) is 5.25. The number of nitrogens with one attached hydrogen (secondary N) is 3. The maximum atomic E-state index is 13.9. The van der Waals surface area contributed by atoms with Crippen molar-refractivity contribution in [3.63, 3.8) is 0 Å². The topological polar surface area (TPSA) is 78.5 Å². The highest BCUT2D eigenvalue weighted by atomic mass is 19.1. The summed E-state index contributed by atoms with van der Waals surface area (Å²) >= 11 is 0. The van der Waals surface area contributed by atoms with E-state index in [2.05, 4.69) is 51.1 Å². The van der Waals surface area contributed by atoms with Gasteiger partial charge in [0.1, 0.15) is 11.5 Å². The summed E-state index contributed by atoms with van der Waals surface area (Å²) in [5.74, 6) is 0.389. The zero-order chi connectivity index (χ0) is 28.1. The van der Waals surface area contributed by atoms with Gasteiger partial charge < -0.3 is 10.6 Å². The Morgan fingerprint density at radius 1 is 1.18 bits per heavy atom. The number of anilines is 1. The van der Waals surface area contributed by atoms with Gasteiger partial charge in [0.25, 0.3) is 0 Å². The van der Waals surface area contributed by atoms with Crippen LogP contribution in [0.3, 0.4) is 0 Å². The molecule has 0 bridgehead atoms. The maximum absolute atomic E-state index is 13.9. The van der Waals surface area contributed by atoms with Gasteiger partial charge in [-0.2, -0.15) is 5.10 Å². The van der Waals surface area contributed by atoms with E-state index >= 15 is 0 Å². The molecule has 0 saturated carbocycles. The van der Waals surface area contributed by atoms with Crippen molar-refractivity contribution in [2.45, 2.75) is 33.1 Å². The van der Waals surface area contributed by atoms with Gasteiger partial charge in [0, 0.05) is 17.1 Å². The summed E-state index contributed by atoms with van der Waals surface area (Å²) in [7, 11) is 0. The van der Waals surface area contributed by atoms with Crippen molar-refractivity contribution in [3.8, 4) is 11.1 Å². The average Bonchev–Trinajstić information content (AvgIpc) is 3.40. The molecule has 204 valence electrons. The van der Waals surface area contributed by atoms with Crippen LogP contribution >= 0.6 is 0 Å². The molecule has 0 radical (unpaired) electrons. The highest BCUT2D eigenvalue weighted by Gasteiger charge is 2.16. The molecular weight excluding hydrogens is 499 g/mol. The largest absolute Gasteiger partial charge is 0.353 e. The first kappa shape index (κ1) is 27.2. The Hall–Kier alpha value is -4.36. The Morgan fingerprint density at radius 3 is 2.75 bits per heavy atom. The van der Waals surface area contributed by atoms with Gasteiger partial charge in [0.05, 0.1) is 35.0 Å². The van der Waals surface area contributed by atoms with E-state index in [4.69, 9.17) is 4.98 Å². The number of pyridine rings is 2. The molecule has 7 heteroatoms. The molecule has 1 aromatic carbocycles. The molecule has 0 aliphatic carbocycles. The highest BCUT2D eigenvalue weighted by Crippen LogP contribution is 2.31. The number of hydrogen-bond acceptors (Lipinski definition) is 5. The van der Waals surface area contributed by atoms with Crippen LogP contribution in [-0.2, 0) is 0 Å². The molecule has 1 fully saturated rings. The Labute approximate surface area is 234 Å². The molecule has 4 aromatic rings. The standard InChI is InChI=1S/C33H35FN6/c1-5-23(14-24-10-12-35-13-11-24)15-25(6-2)30-17-28-32(20-37-30)39-40-33(28)22(4)38-31-19-36-18-29(21(31)3)26-8-7-9-27(34)16-26/h5-9,15-20,24,35,38H,1,4,10-14H2,2-3H3,(H,39,40)/b23-15+,25-6+. The van der Waals surface area contributed by atoms with Crippen LogP contribution in [0.1, 0.15) is 43.1 Å². The molecule has 3 aromatic heterocycles. The van der Waals surface area contributed by atoms with Gasteiger partial charge in [-0.1, -0.05) is 37.4 Å². The number of halogens is 1. The predicted molar refractivity (Wildman–Crippen MR) is 163 cm³/mol. The Kier molecular flexibility index (Phi) is 8.31. The molecule has 5 rings (SSSR count). The van der Waals surface area contributed by atoms with E-state index in [0.29, 0.717) is 17.3 Å². The first-order valence-corrected chi connectivity index (χ1v) is 13.7. The van der Waals surface area contributed by atoms with Crippen LogP contribution in [0.4, 0.5) is 10.1 Å². The molecule has 40 heavy (non-hydrogen) atoms. The molecule has 3 N–H and O–H groups in total. The Balaban J connectivity index is 1.41. The first-order valence-electron chi connectivity index (χ1n) is 13.7. The van der Waals surface area contributed by atoms with Crippen LogP contribution in [0.25, 0.3) is 33.3 Å². The molecule has 0 amide bonds. The summed E-state index contributed by atoms with van der Waals surface area (Å²) in [6.07, 6.45) is 14.9. The quantitative estimate of drug-likeness (QED) is 0.194. The van der Waals surface area contributed by atoms with Crippen molar-refractivity contribution in [2.75, 3.05) is 18.4 Å². The Morgan fingerprint density at radius 2 is 2.00 bits per heavy atom. The van der Waals surface area contributed by atoms with Crippen molar-refractivity contribution in [1.29, 1.82) is 0 Å². The van der Waals surface area contributed by atoms with Gasteiger partial charge >= 0.3 is 0 Å². The fraction of sp³-hybridized carbons (Fsp3) is 0.242. The number of aromatic nitrogens is 4. The summed E-state index contributed by atoms with van der Waals surface area (Å²) in [5, 5.41) is 15.4. The van der Waals surface area contributed by atoms with Crippen LogP contribution in [0.2, 0.25) is 0 Å². The third-order valence-electron chi connectivity index (χ3n) is 7.56. The van der Waals surface area contributed by atoms with Gasteiger partial charge in [-0.15, -0.1) is 0 Å². The van der Waals surface area contributed by atoms with Crippen LogP contribution in [-0.4, -0.2) is 33.3 Å². The van der Waals surface area contributed by atoms with Crippen molar-refractivity contribution >= 4 is 27.9 Å². The lowest BCUT2D eigenvalue weighted by atomic mass is 9.90. The summed E-state index contributed by atoms with van der Waals surface area (Å²) in [5.41, 5.74) is 8.62. The van der Waals surface area contributed by atoms with Crippen molar-refractivity contribution in [2.24, 2.45) is 5.92 Å². The molecule has 0 atom stereocenters. The molecule has 1 saturated heterocycles. The normalized spacial score (nSPS) is 14.9. The second kappa shape index (κ2) is 12.2. The number of H-pyrrole nitrogens is 1. The summed E-state index contributed by atoms with van der Waals surface area (Å²) < 4.78 is 13.9. The van der Waals surface area contributed by atoms with Crippen molar-refractivity contribution in [1.82, 2.24) is 25.5 Å². The minimum Gasteiger partial charge on any atom is -0.353 e. The molecular formula is C33H35FN6. The minimum absolute atomic E-state index is 0.283. The predicted octanol–water partition coefficient (Wildman–Crippen LogP) is 7.46. The van der Waals surface area contributed by atoms with Crippen LogP contribution < -0.4 is 10.6 Å². The van der Waals surface area contributed by atoms with E-state index in [0.717, 1.165) is 64.1 Å². The highest BCUT2D eigenvalue weighted by molar-refractivity contribution is 5.94. The zero-order valence-electron chi connectivity index (χ0n) is 23.1. The van der Waals surface area contributed by atoms with E-state index in [1.165, 1.54) is 30.5 Å². The Bertz CT molecular complexity index is 1610. The van der Waals surface area contributed by atoms with Gasteiger partial charge in [-0.05, 0) is 98.7 Å². The number of allylic oxidation sites excluding steroid dienone is 5. The third-order valence-corrected chi connectivity index (χ3v) is 7.56. The lowest BCUT2D eigenvalue weighted by molar-refractivity contribution is 0.374. The number of aromatic amines is 1. The first-order chi connectivity index (χ1) is 19.5. The van der Waals surface area contributed by atoms with Crippen molar-refractivity contribution < 1.29 is 4.39 Å². The van der Waals surface area contributed by atoms with E-state index in [1.807, 2.05) is 38.3 Å². The number of rotatable bonds is 9. The number of hydrogen-bond donors (Lipinski definition) is 3. The molecule has 4 heterocycles. The van der Waals surface area contributed by atoms with Crippen LogP contribution in [0.5, 0.6) is 0 Å². The molecule has 6 nitrogen and oxygen atoms in total. The van der Waals surface area contributed by atoms with Gasteiger partial charge in [0.15, 0.2) is 0 Å². The van der Waals surface area contributed by atoms with E-state index in [-0.39, 0.29) is 5.82 Å². The maximum Gasteiger partial charge on any atom is 0.123 e. The lowest BCUT2D eigenvalue weighted by Gasteiger charge is -2.23. The monoisotopic (exact) mass is 534 g/mol. The SMILES string of the molecule is C=C/C(=C\C(=C/C)c1cc2c(C(=C)Nc3cncc(-c4cccc(F)c4)c3C)n[nH]c2cn1)CC1CCNCC1. The molecule has 1 aliphatic rings. The summed E-state index contributed by atoms with van der Waals surface area (Å²) in [6, 6.07) is 8.56. The second-order valence-electron chi connectivity index (χ2n) is 10.2. The number of piperidine rings is 1. The van der Waals surface area contributed by atoms with E-state index < -0.39 is 0 Å². The zero-order valence-corrected chi connectivity index (χ0v) is 23.1. The van der Waals surface area contributed by atoms with Crippen molar-refractivity contribution in [3.05, 3.63) is 109 Å². The van der Waals surface area contributed by atoms with Crippen LogP contribution in [0, 0.1) is 18.7 Å². The number of fused-ring (bicyclic) bond motifs is 1. The van der Waals surface area contributed by atoms with Crippen LogP contribution in [0.15, 0.2) is 85.9 Å². The average molecular weight is 535 g/mol. The van der Waals surface area contributed by atoms with Gasteiger partial charge in [-0.3, -0.25) is 15.1 Å². The second-order valence-corrected chi connectivity index (χ2v) is 10.2. The van der Waals surface area contributed by atoms with Gasteiger partial charge in [0.2, 0.25) is 0 Å². The lowest BCUT2D eigenvalue weighted by Crippen LogP contribution is -2.27. The third kappa shape index (κ3) is 5.95. The summed E-state index contributed by atoms with van der Waals surface area (Å²) in [6.45, 7) is 14.5. The number of nitrogens with zero attached hydrogens (tertiary/aromatic N) is 3.